The minimum absolute atomic E-state index is 0.0327. The molecule has 0 spiro atoms. The monoisotopic (exact) mass is 1310 g/mol. The number of fused-ring (bicyclic) bond motifs is 10. The van der Waals surface area contributed by atoms with Crippen molar-refractivity contribution >= 4 is 101 Å². The normalized spacial score (nSPS) is 13.8. The number of nitrogens with zero attached hydrogens (tertiary/aromatic N) is 4. The lowest BCUT2D eigenvalue weighted by Crippen LogP contribution is -2.61. The van der Waals surface area contributed by atoms with E-state index in [0.717, 1.165) is 29.2 Å². The zero-order chi connectivity index (χ0) is 70.9. The molecule has 0 N–H and O–H groups in total. The molecule has 0 amide bonds. The molecule has 100 heavy (non-hydrogen) atoms. The molecule has 2 aliphatic rings. The molecule has 11 aromatic carbocycles. The predicted molar refractivity (Wildman–Crippen MR) is 435 cm³/mol. The molecule has 0 bridgehead atoms. The second-order valence-electron chi connectivity index (χ2n) is 36.7. The second-order valence-corrected chi connectivity index (χ2v) is 36.7. The van der Waals surface area contributed by atoms with E-state index in [0.29, 0.717) is 0 Å². The number of benzene rings is 11. The highest BCUT2D eigenvalue weighted by Gasteiger charge is 2.45. The van der Waals surface area contributed by atoms with Gasteiger partial charge in [0.05, 0.1) is 33.4 Å². The second kappa shape index (κ2) is 23.1. The van der Waals surface area contributed by atoms with Gasteiger partial charge in [-0.3, -0.25) is 0 Å². The van der Waals surface area contributed by atoms with Crippen molar-refractivity contribution in [3.63, 3.8) is 0 Å². The number of hydrogen-bond acceptors (Lipinski definition) is 2. The van der Waals surface area contributed by atoms with Crippen LogP contribution in [0.25, 0.3) is 77.2 Å². The lowest BCUT2D eigenvalue weighted by Gasteiger charge is -2.45. The van der Waals surface area contributed by atoms with Crippen molar-refractivity contribution in [2.24, 2.45) is 5.41 Å². The van der Waals surface area contributed by atoms with Crippen molar-refractivity contribution in [3.8, 4) is 33.6 Å². The molecule has 13 aromatic rings. The van der Waals surface area contributed by atoms with Gasteiger partial charge < -0.3 is 18.9 Å². The Morgan fingerprint density at radius 1 is 0.270 bits per heavy atom. The molecule has 0 saturated carbocycles. The highest BCUT2D eigenvalue weighted by molar-refractivity contribution is 7.00. The van der Waals surface area contributed by atoms with Crippen LogP contribution in [0.5, 0.6) is 0 Å². The summed E-state index contributed by atoms with van der Waals surface area (Å²) in [5.74, 6) is 0. The highest BCUT2D eigenvalue weighted by Crippen LogP contribution is 2.52. The molecule has 0 saturated heterocycles. The molecule has 504 valence electrons. The van der Waals surface area contributed by atoms with Crippen molar-refractivity contribution in [1.29, 1.82) is 0 Å². The van der Waals surface area contributed by atoms with Crippen molar-refractivity contribution in [2.75, 3.05) is 9.80 Å². The maximum Gasteiger partial charge on any atom is 0.252 e. The Labute approximate surface area is 596 Å². The van der Waals surface area contributed by atoms with E-state index >= 15 is 0 Å². The van der Waals surface area contributed by atoms with Gasteiger partial charge in [-0.2, -0.15) is 0 Å². The Hall–Kier alpha value is -9.32. The Kier molecular flexibility index (Phi) is 15.4. The van der Waals surface area contributed by atoms with Gasteiger partial charge in [-0.15, -0.1) is 0 Å². The average Bonchev–Trinajstić information content (AvgIpc) is 0.761. The fraction of sp³-hybridized carbons (Fsp3) is 0.305. The van der Waals surface area contributed by atoms with Crippen LogP contribution in [0.2, 0.25) is 0 Å². The number of anilines is 6. The molecule has 2 aliphatic heterocycles. The highest BCUT2D eigenvalue weighted by atomic mass is 15.2. The molecule has 0 atom stereocenters. The van der Waals surface area contributed by atoms with Crippen LogP contribution >= 0.6 is 0 Å². The van der Waals surface area contributed by atoms with Gasteiger partial charge in [0.25, 0.3) is 6.71 Å². The van der Waals surface area contributed by atoms with Crippen LogP contribution < -0.4 is 26.2 Å². The zero-order valence-corrected chi connectivity index (χ0v) is 63.4. The smallest absolute Gasteiger partial charge is 0.252 e. The fourth-order valence-corrected chi connectivity index (χ4v) is 16.1. The predicted octanol–water partition coefficient (Wildman–Crippen LogP) is 24.7. The van der Waals surface area contributed by atoms with Crippen LogP contribution in [0.4, 0.5) is 34.1 Å². The molecule has 0 fully saturated rings. The van der Waals surface area contributed by atoms with E-state index in [1.807, 2.05) is 0 Å². The van der Waals surface area contributed by atoms with E-state index in [2.05, 4.69) is 383 Å². The first-order valence-electron chi connectivity index (χ1n) is 36.6. The van der Waals surface area contributed by atoms with Crippen LogP contribution in [0.3, 0.4) is 0 Å². The quantitative estimate of drug-likeness (QED) is 0.148. The summed E-state index contributed by atoms with van der Waals surface area (Å²) in [7, 11) is 0. The van der Waals surface area contributed by atoms with Crippen LogP contribution in [0.15, 0.2) is 218 Å². The summed E-state index contributed by atoms with van der Waals surface area (Å²) in [5.41, 5.74) is 31.6. The Balaban J connectivity index is 1.09. The minimum Gasteiger partial charge on any atom is -0.311 e. The van der Waals surface area contributed by atoms with E-state index in [1.165, 1.54) is 144 Å². The van der Waals surface area contributed by atoms with Gasteiger partial charge in [-0.1, -0.05) is 255 Å². The summed E-state index contributed by atoms with van der Waals surface area (Å²) >= 11 is 0. The summed E-state index contributed by atoms with van der Waals surface area (Å²) in [6.07, 6.45) is 0.866. The summed E-state index contributed by atoms with van der Waals surface area (Å²) in [6.45, 7) is 49.2. The average molecular weight is 1310 g/mol. The molecule has 4 nitrogen and oxygen atoms in total. The third-order valence-corrected chi connectivity index (χ3v) is 21.7. The molecule has 15 rings (SSSR count). The van der Waals surface area contributed by atoms with Gasteiger partial charge in [0.2, 0.25) is 0 Å². The van der Waals surface area contributed by atoms with E-state index in [1.54, 1.807) is 0 Å². The number of rotatable bonds is 7. The maximum absolute atomic E-state index is 2.70. The number of aromatic nitrogens is 2. The first-order chi connectivity index (χ1) is 47.0. The lowest BCUT2D eigenvalue weighted by atomic mass is 9.33. The van der Waals surface area contributed by atoms with E-state index in [9.17, 15) is 0 Å². The van der Waals surface area contributed by atoms with Gasteiger partial charge in [0.1, 0.15) is 0 Å². The molecular formula is C95H101BN4. The van der Waals surface area contributed by atoms with Gasteiger partial charge in [-0.25, -0.2) is 0 Å². The Morgan fingerprint density at radius 3 is 0.870 bits per heavy atom. The van der Waals surface area contributed by atoms with Crippen molar-refractivity contribution in [1.82, 2.24) is 9.13 Å². The van der Waals surface area contributed by atoms with Crippen LogP contribution in [-0.2, 0) is 38.9 Å². The van der Waals surface area contributed by atoms with Crippen molar-refractivity contribution < 1.29 is 0 Å². The van der Waals surface area contributed by atoms with Crippen molar-refractivity contribution in [3.05, 3.63) is 257 Å². The summed E-state index contributed by atoms with van der Waals surface area (Å²) in [6, 6.07) is 86.3. The van der Waals surface area contributed by atoms with Gasteiger partial charge in [-0.05, 0) is 220 Å². The van der Waals surface area contributed by atoms with Crippen molar-refractivity contribution in [2.45, 2.75) is 184 Å². The maximum atomic E-state index is 2.70. The topological polar surface area (TPSA) is 16.3 Å². The van der Waals surface area contributed by atoms with E-state index in [4.69, 9.17) is 0 Å². The molecule has 2 aromatic heterocycles. The molecule has 5 heteroatoms. The third-order valence-electron chi connectivity index (χ3n) is 21.7. The van der Waals surface area contributed by atoms with Crippen LogP contribution in [0.1, 0.15) is 184 Å². The first kappa shape index (κ1) is 66.6. The summed E-state index contributed by atoms with van der Waals surface area (Å²) < 4.78 is 5.13. The third kappa shape index (κ3) is 11.5. The number of hydrogen-bond donors (Lipinski definition) is 0. The Morgan fingerprint density at radius 2 is 0.570 bits per heavy atom. The first-order valence-corrected chi connectivity index (χ1v) is 36.6. The largest absolute Gasteiger partial charge is 0.311 e. The van der Waals surface area contributed by atoms with Gasteiger partial charge >= 0.3 is 0 Å². The zero-order valence-electron chi connectivity index (χ0n) is 63.4. The van der Waals surface area contributed by atoms with Crippen LogP contribution in [-0.4, -0.2) is 15.8 Å². The molecule has 0 aliphatic carbocycles. The molecule has 4 heterocycles. The van der Waals surface area contributed by atoms with Gasteiger partial charge in [0.15, 0.2) is 0 Å². The SMILES string of the molecule is CC(C)(C)Cc1cc2c3c(c1)N(c1ccc(C(C)(C)C)cc1-c1ccccc1)c1cc(-n4c5ccc(C(C)(C)C)cc5c5cc(C(C)(C)C)ccc54)ccc1B3c1ccc(-n3c4ccc(C(C)(C)C)cc4c4cc(C(C)(C)C)ccc43)cc1N2c1ccc(C(C)(C)C)cc1-c1ccccc1. The standard InChI is InChI=1S/C95H101BN4/c1-89(2,3)58-59-48-86-88-87(49-59)100(79-43-33-63(91(7,8)9)51-71(79)61-30-26-23-27-31-61)85-57-69(98-82-46-36-66(94(16,17)18)54-74(82)75-55-67(95(19,20)21)37-47-83(75)98)39-41-77(85)96(88)76-40-38-68(56-84(76)99(86)78-42-32-62(90(4,5)6)50-70(78)60-28-24-22-25-29-60)97-80-44-34-64(92(10,11)12)52-72(80)73-53-65(93(13,14)15)35-45-81(73)97/h22-57H,58H2,1-21H3. The summed E-state index contributed by atoms with van der Waals surface area (Å²) in [5, 5.41) is 5.13. The minimum atomic E-state index is -0.166. The molecule has 0 radical (unpaired) electrons. The summed E-state index contributed by atoms with van der Waals surface area (Å²) in [4.78, 5) is 5.40. The fourth-order valence-electron chi connectivity index (χ4n) is 16.1. The Bertz CT molecular complexity index is 4960. The van der Waals surface area contributed by atoms with E-state index < -0.39 is 0 Å². The lowest BCUT2D eigenvalue weighted by molar-refractivity contribution is 0.411. The molecular weight excluding hydrogens is 1210 g/mol. The van der Waals surface area contributed by atoms with E-state index in [-0.39, 0.29) is 44.6 Å². The van der Waals surface area contributed by atoms with Crippen LogP contribution in [0, 0.1) is 5.41 Å². The van der Waals surface area contributed by atoms with Gasteiger partial charge in [0, 0.05) is 66.8 Å². The molecule has 0 unspecified atom stereocenters.